The molecule has 0 bridgehead atoms. The summed E-state index contributed by atoms with van der Waals surface area (Å²) in [6.45, 7) is 0. The van der Waals surface area contributed by atoms with Crippen LogP contribution in [0.25, 0.3) is 22.1 Å². The molecule has 0 amide bonds. The molecule has 0 fully saturated rings. The Morgan fingerprint density at radius 2 is 2.11 bits per heavy atom. The van der Waals surface area contributed by atoms with Gasteiger partial charge in [0.2, 0.25) is 0 Å². The number of benzene rings is 2. The molecule has 0 radical (unpaired) electrons. The van der Waals surface area contributed by atoms with E-state index >= 15 is 0 Å². The topological polar surface area (TPSA) is 142 Å². The van der Waals surface area contributed by atoms with E-state index in [9.17, 15) is 15.2 Å². The van der Waals surface area contributed by atoms with Crippen LogP contribution in [0.2, 0.25) is 0 Å². The van der Waals surface area contributed by atoms with E-state index < -0.39 is 4.92 Å². The van der Waals surface area contributed by atoms with Gasteiger partial charge in [0.1, 0.15) is 11.3 Å². The molecule has 4 rings (SSSR count). The van der Waals surface area contributed by atoms with Crippen LogP contribution in [-0.4, -0.2) is 36.4 Å². The zero-order valence-corrected chi connectivity index (χ0v) is 15.0. The van der Waals surface area contributed by atoms with Crippen LogP contribution in [0.3, 0.4) is 0 Å². The number of aromatic amines is 1. The van der Waals surface area contributed by atoms with Gasteiger partial charge in [-0.2, -0.15) is 10.1 Å². The van der Waals surface area contributed by atoms with Gasteiger partial charge < -0.3 is 10.1 Å². The Bertz CT molecular complexity index is 1220. The number of phenolic OH excluding ortho intramolecular Hbond substituents is 1. The van der Waals surface area contributed by atoms with Gasteiger partial charge in [0.05, 0.1) is 11.1 Å². The standard InChI is InChI=1S/C16H10BrN7O3/c17-9-1-3-12-11(6-9)14-15(19-12)20-16(23-21-14)22-18-7-8-5-10(24(26)27)2-4-13(8)25/h1-7,25H,(H2,19,20,22,23)/b18-7+. The summed E-state index contributed by atoms with van der Waals surface area (Å²) in [7, 11) is 0. The minimum Gasteiger partial charge on any atom is -0.507 e. The number of nitro benzene ring substituents is 1. The molecule has 0 unspecified atom stereocenters. The maximum atomic E-state index is 10.8. The molecule has 2 aromatic heterocycles. The van der Waals surface area contributed by atoms with Crippen LogP contribution in [-0.2, 0) is 0 Å². The summed E-state index contributed by atoms with van der Waals surface area (Å²) in [6, 6.07) is 9.36. The first kappa shape index (κ1) is 16.8. The first-order valence-electron chi connectivity index (χ1n) is 7.59. The Morgan fingerprint density at radius 3 is 2.93 bits per heavy atom. The first-order chi connectivity index (χ1) is 13.0. The molecule has 2 aromatic carbocycles. The number of halogens is 1. The number of hydrazone groups is 1. The number of fused-ring (bicyclic) bond motifs is 3. The number of anilines is 1. The van der Waals surface area contributed by atoms with Crippen molar-refractivity contribution in [2.24, 2.45) is 5.10 Å². The van der Waals surface area contributed by atoms with Gasteiger partial charge in [-0.05, 0) is 24.3 Å². The van der Waals surface area contributed by atoms with Crippen molar-refractivity contribution in [1.82, 2.24) is 20.2 Å². The van der Waals surface area contributed by atoms with Crippen molar-refractivity contribution in [2.45, 2.75) is 0 Å². The Kier molecular flexibility index (Phi) is 4.12. The van der Waals surface area contributed by atoms with E-state index in [2.05, 4.69) is 46.6 Å². The maximum Gasteiger partial charge on any atom is 0.270 e. The summed E-state index contributed by atoms with van der Waals surface area (Å²) in [4.78, 5) is 17.7. The molecule has 0 atom stereocenters. The third-order valence-corrected chi connectivity index (χ3v) is 4.26. The third-order valence-electron chi connectivity index (χ3n) is 3.77. The second kappa shape index (κ2) is 6.61. The fourth-order valence-corrected chi connectivity index (χ4v) is 2.87. The minimum atomic E-state index is -0.556. The average Bonchev–Trinajstić information content (AvgIpc) is 3.00. The zero-order valence-electron chi connectivity index (χ0n) is 13.4. The smallest absolute Gasteiger partial charge is 0.270 e. The van der Waals surface area contributed by atoms with E-state index in [1.165, 1.54) is 24.4 Å². The van der Waals surface area contributed by atoms with Crippen LogP contribution >= 0.6 is 15.9 Å². The van der Waals surface area contributed by atoms with Gasteiger partial charge in [-0.25, -0.2) is 5.43 Å². The van der Waals surface area contributed by atoms with E-state index in [4.69, 9.17) is 0 Å². The van der Waals surface area contributed by atoms with Crippen molar-refractivity contribution in [2.75, 3.05) is 5.43 Å². The molecule has 27 heavy (non-hydrogen) atoms. The lowest BCUT2D eigenvalue weighted by Gasteiger charge is -1.99. The second-order valence-corrected chi connectivity index (χ2v) is 6.43. The van der Waals surface area contributed by atoms with E-state index in [0.717, 1.165) is 15.4 Å². The lowest BCUT2D eigenvalue weighted by atomic mass is 10.2. The third kappa shape index (κ3) is 3.27. The average molecular weight is 428 g/mol. The molecule has 3 N–H and O–H groups in total. The summed E-state index contributed by atoms with van der Waals surface area (Å²) in [5.41, 5.74) is 4.65. The largest absolute Gasteiger partial charge is 0.507 e. The number of hydrogen-bond acceptors (Lipinski definition) is 8. The Balaban J connectivity index is 1.60. The molecule has 0 aliphatic rings. The number of aromatic nitrogens is 4. The van der Waals surface area contributed by atoms with Gasteiger partial charge in [-0.1, -0.05) is 15.9 Å². The predicted molar refractivity (Wildman–Crippen MR) is 103 cm³/mol. The van der Waals surface area contributed by atoms with Gasteiger partial charge in [0, 0.05) is 33.1 Å². The Hall–Kier alpha value is -3.60. The Morgan fingerprint density at radius 1 is 1.26 bits per heavy atom. The number of rotatable bonds is 4. The lowest BCUT2D eigenvalue weighted by molar-refractivity contribution is -0.384. The molecular formula is C16H10BrN7O3. The first-order valence-corrected chi connectivity index (χ1v) is 8.39. The van der Waals surface area contributed by atoms with Crippen LogP contribution in [0, 0.1) is 10.1 Å². The van der Waals surface area contributed by atoms with E-state index in [1.807, 2.05) is 18.2 Å². The highest BCUT2D eigenvalue weighted by Crippen LogP contribution is 2.25. The number of nitro groups is 1. The monoisotopic (exact) mass is 427 g/mol. The van der Waals surface area contributed by atoms with E-state index in [1.54, 1.807) is 0 Å². The summed E-state index contributed by atoms with van der Waals surface area (Å²) in [5.74, 6) is -0.00358. The van der Waals surface area contributed by atoms with Crippen LogP contribution in [0.5, 0.6) is 5.75 Å². The number of hydrogen-bond donors (Lipinski definition) is 3. The van der Waals surface area contributed by atoms with Gasteiger partial charge in [0.15, 0.2) is 5.65 Å². The van der Waals surface area contributed by atoms with Crippen molar-refractivity contribution in [3.63, 3.8) is 0 Å². The molecule has 0 spiro atoms. The summed E-state index contributed by atoms with van der Waals surface area (Å²) in [5, 5.41) is 33.5. The maximum absolute atomic E-state index is 10.8. The molecule has 11 heteroatoms. The quantitative estimate of drug-likeness (QED) is 0.257. The summed E-state index contributed by atoms with van der Waals surface area (Å²) in [6.07, 6.45) is 1.23. The van der Waals surface area contributed by atoms with Crippen LogP contribution < -0.4 is 5.43 Å². The van der Waals surface area contributed by atoms with Crippen molar-refractivity contribution in [3.8, 4) is 5.75 Å². The minimum absolute atomic E-state index is 0.134. The summed E-state index contributed by atoms with van der Waals surface area (Å²) < 4.78 is 0.918. The molecule has 2 heterocycles. The van der Waals surface area contributed by atoms with Gasteiger partial charge in [-0.3, -0.25) is 10.1 Å². The number of phenols is 1. The SMILES string of the molecule is O=[N+]([O-])c1ccc(O)c(/C=N/Nc2nnc3c(n2)[nH]c2ccc(Br)cc23)c1. The van der Waals surface area contributed by atoms with Crippen LogP contribution in [0.4, 0.5) is 11.6 Å². The normalized spacial score (nSPS) is 11.4. The number of nitrogens with one attached hydrogen (secondary N) is 2. The molecule has 0 saturated carbocycles. The number of aromatic hydroxyl groups is 1. The predicted octanol–water partition coefficient (Wildman–Crippen LogP) is 3.33. The number of nitrogens with zero attached hydrogens (tertiary/aromatic N) is 5. The highest BCUT2D eigenvalue weighted by atomic mass is 79.9. The molecule has 4 aromatic rings. The fourth-order valence-electron chi connectivity index (χ4n) is 2.51. The molecule has 134 valence electrons. The van der Waals surface area contributed by atoms with E-state index in [0.29, 0.717) is 11.2 Å². The number of non-ortho nitro benzene ring substituents is 1. The lowest BCUT2D eigenvalue weighted by Crippen LogP contribution is -1.99. The molecule has 0 aliphatic carbocycles. The zero-order chi connectivity index (χ0) is 19.0. The summed E-state index contributed by atoms with van der Waals surface area (Å²) >= 11 is 3.42. The van der Waals surface area contributed by atoms with Gasteiger partial charge in [0.25, 0.3) is 11.6 Å². The fraction of sp³-hybridized carbons (Fsp3) is 0. The van der Waals surface area contributed by atoms with Crippen LogP contribution in [0.1, 0.15) is 5.56 Å². The van der Waals surface area contributed by atoms with Gasteiger partial charge >= 0.3 is 0 Å². The van der Waals surface area contributed by atoms with Crippen LogP contribution in [0.15, 0.2) is 46.0 Å². The highest BCUT2D eigenvalue weighted by molar-refractivity contribution is 9.10. The number of H-pyrrole nitrogens is 1. The molecule has 0 saturated heterocycles. The van der Waals surface area contributed by atoms with Crippen molar-refractivity contribution in [1.29, 1.82) is 0 Å². The molecule has 0 aliphatic heterocycles. The van der Waals surface area contributed by atoms with Crippen molar-refractivity contribution in [3.05, 3.63) is 56.5 Å². The highest BCUT2D eigenvalue weighted by Gasteiger charge is 2.10. The molecule has 10 nitrogen and oxygen atoms in total. The van der Waals surface area contributed by atoms with Gasteiger partial charge in [-0.15, -0.1) is 10.2 Å². The van der Waals surface area contributed by atoms with E-state index in [-0.39, 0.29) is 22.9 Å². The second-order valence-electron chi connectivity index (χ2n) is 5.52. The van der Waals surface area contributed by atoms with Crippen molar-refractivity contribution < 1.29 is 10.0 Å². The Labute approximate surface area is 159 Å². The van der Waals surface area contributed by atoms with Crippen molar-refractivity contribution >= 4 is 55.8 Å². The molecular weight excluding hydrogens is 418 g/mol.